The third-order valence-corrected chi connectivity index (χ3v) is 5.13. The second-order valence-electron chi connectivity index (χ2n) is 4.92. The van der Waals surface area contributed by atoms with E-state index in [2.05, 4.69) is 5.32 Å². The highest BCUT2D eigenvalue weighted by Gasteiger charge is 2.26. The van der Waals surface area contributed by atoms with Crippen molar-refractivity contribution in [3.63, 3.8) is 0 Å². The average Bonchev–Trinajstić information content (AvgIpc) is 2.80. The summed E-state index contributed by atoms with van der Waals surface area (Å²) in [5.74, 6) is -1.87. The largest absolute Gasteiger partial charge is 0.481 e. The smallest absolute Gasteiger partial charge is 0.307 e. The van der Waals surface area contributed by atoms with Gasteiger partial charge in [0.1, 0.15) is 5.25 Å². The maximum atomic E-state index is 11.9. The van der Waals surface area contributed by atoms with Crippen molar-refractivity contribution in [3.05, 3.63) is 0 Å². The lowest BCUT2D eigenvalue weighted by Crippen LogP contribution is -2.41. The van der Waals surface area contributed by atoms with Gasteiger partial charge in [-0.05, 0) is 19.8 Å². The van der Waals surface area contributed by atoms with Gasteiger partial charge in [-0.15, -0.1) is 0 Å². The molecule has 0 aliphatic heterocycles. The first kappa shape index (κ1) is 15.1. The van der Waals surface area contributed by atoms with Crippen LogP contribution in [-0.2, 0) is 20.4 Å². The highest BCUT2D eigenvalue weighted by Crippen LogP contribution is 2.18. The summed E-state index contributed by atoms with van der Waals surface area (Å²) in [4.78, 5) is 22.5. The topological polar surface area (TPSA) is 83.5 Å². The lowest BCUT2D eigenvalue weighted by Gasteiger charge is -2.17. The number of hydrogen-bond acceptors (Lipinski definition) is 3. The molecule has 1 rings (SSSR count). The molecule has 0 spiro atoms. The Kier molecular flexibility index (Phi) is 5.78. The maximum Gasteiger partial charge on any atom is 0.307 e. The van der Waals surface area contributed by atoms with Gasteiger partial charge in [-0.3, -0.25) is 13.8 Å². The summed E-state index contributed by atoms with van der Waals surface area (Å²) in [5, 5.41) is 11.0. The van der Waals surface area contributed by atoms with Crippen LogP contribution in [0.1, 0.15) is 39.5 Å². The van der Waals surface area contributed by atoms with Crippen molar-refractivity contribution in [2.24, 2.45) is 5.92 Å². The summed E-state index contributed by atoms with van der Waals surface area (Å²) in [5.41, 5.74) is 0. The Balaban J connectivity index is 2.41. The predicted octanol–water partition coefficient (Wildman–Crippen LogP) is 0.903. The van der Waals surface area contributed by atoms with Crippen molar-refractivity contribution in [1.29, 1.82) is 0 Å². The Morgan fingerprint density at radius 1 is 1.33 bits per heavy atom. The highest BCUT2D eigenvalue weighted by molar-refractivity contribution is 7.86. The number of aliphatic carboxylic acids is 1. The number of nitrogens with one attached hydrogen (secondary N) is 1. The van der Waals surface area contributed by atoms with E-state index in [1.54, 1.807) is 6.92 Å². The predicted molar refractivity (Wildman–Crippen MR) is 69.7 cm³/mol. The van der Waals surface area contributed by atoms with Crippen LogP contribution in [0.5, 0.6) is 0 Å². The minimum atomic E-state index is -1.44. The minimum absolute atomic E-state index is 0.0224. The number of amides is 1. The number of hydrogen-bond donors (Lipinski definition) is 2. The van der Waals surface area contributed by atoms with E-state index in [1.165, 1.54) is 6.92 Å². The molecule has 0 heterocycles. The Morgan fingerprint density at radius 2 is 1.89 bits per heavy atom. The highest BCUT2D eigenvalue weighted by atomic mass is 32.2. The number of rotatable bonds is 6. The molecule has 1 saturated carbocycles. The zero-order valence-corrected chi connectivity index (χ0v) is 11.7. The van der Waals surface area contributed by atoms with Crippen LogP contribution in [0.15, 0.2) is 0 Å². The van der Waals surface area contributed by atoms with Gasteiger partial charge >= 0.3 is 5.97 Å². The molecule has 6 heteroatoms. The molecule has 0 aromatic carbocycles. The molecule has 0 aromatic rings. The van der Waals surface area contributed by atoms with Crippen molar-refractivity contribution < 1.29 is 18.9 Å². The van der Waals surface area contributed by atoms with Crippen LogP contribution in [0.3, 0.4) is 0 Å². The summed E-state index contributed by atoms with van der Waals surface area (Å²) in [7, 11) is -1.44. The number of carbonyl (C=O) groups is 2. The average molecular weight is 275 g/mol. The van der Waals surface area contributed by atoms with Gasteiger partial charge in [0.25, 0.3) is 0 Å². The van der Waals surface area contributed by atoms with Gasteiger partial charge in [0.2, 0.25) is 5.91 Å². The lowest BCUT2D eigenvalue weighted by atomic mass is 10.2. The quantitative estimate of drug-likeness (QED) is 0.754. The Morgan fingerprint density at radius 3 is 2.39 bits per heavy atom. The number of carboxylic acids is 1. The van der Waals surface area contributed by atoms with Gasteiger partial charge < -0.3 is 10.4 Å². The first-order valence-electron chi connectivity index (χ1n) is 6.32. The third-order valence-electron chi connectivity index (χ3n) is 3.30. The molecule has 0 bridgehead atoms. The van der Waals surface area contributed by atoms with Crippen molar-refractivity contribution in [2.45, 2.75) is 50.8 Å². The number of carboxylic acid groups (broad SMARTS) is 1. The Labute approximate surface area is 110 Å². The first-order chi connectivity index (χ1) is 8.41. The van der Waals surface area contributed by atoms with Crippen LogP contribution >= 0.6 is 0 Å². The van der Waals surface area contributed by atoms with Gasteiger partial charge in [-0.1, -0.05) is 19.8 Å². The molecule has 1 aliphatic rings. The first-order valence-corrected chi connectivity index (χ1v) is 7.70. The van der Waals surface area contributed by atoms with E-state index in [1.807, 2.05) is 0 Å². The molecular formula is C12H21NO4S. The van der Waals surface area contributed by atoms with Crippen molar-refractivity contribution >= 4 is 22.7 Å². The second-order valence-corrected chi connectivity index (χ2v) is 6.72. The maximum absolute atomic E-state index is 11.9. The Bertz CT molecular complexity index is 339. The van der Waals surface area contributed by atoms with Crippen molar-refractivity contribution in [2.75, 3.05) is 5.75 Å². The van der Waals surface area contributed by atoms with Crippen molar-refractivity contribution in [1.82, 2.24) is 5.32 Å². The molecule has 0 radical (unpaired) electrons. The van der Waals surface area contributed by atoms with E-state index in [0.717, 1.165) is 25.7 Å². The van der Waals surface area contributed by atoms with E-state index < -0.39 is 27.9 Å². The SMILES string of the molecule is CC(CS(=O)C(C)C(=O)NC1CCCC1)C(=O)O. The Hall–Kier alpha value is -0.910. The fraction of sp³-hybridized carbons (Fsp3) is 0.833. The van der Waals surface area contributed by atoms with E-state index in [-0.39, 0.29) is 17.7 Å². The normalized spacial score (nSPS) is 21.2. The van der Waals surface area contributed by atoms with Gasteiger partial charge in [-0.25, -0.2) is 0 Å². The summed E-state index contributed by atoms with van der Waals surface area (Å²) >= 11 is 0. The molecule has 0 aromatic heterocycles. The van der Waals surface area contributed by atoms with Crippen molar-refractivity contribution in [3.8, 4) is 0 Å². The minimum Gasteiger partial charge on any atom is -0.481 e. The fourth-order valence-corrected chi connectivity index (χ4v) is 3.20. The van der Waals surface area contributed by atoms with Crippen LogP contribution in [0.2, 0.25) is 0 Å². The van der Waals surface area contributed by atoms with E-state index in [9.17, 15) is 13.8 Å². The summed E-state index contributed by atoms with van der Waals surface area (Å²) < 4.78 is 11.9. The monoisotopic (exact) mass is 275 g/mol. The molecule has 0 saturated heterocycles. The molecule has 3 unspecified atom stereocenters. The standard InChI is InChI=1S/C12H21NO4S/c1-8(12(15)16)7-18(17)9(2)11(14)13-10-5-3-4-6-10/h8-10H,3-7H2,1-2H3,(H,13,14)(H,15,16). The van der Waals surface area contributed by atoms with Crippen LogP contribution in [0, 0.1) is 5.92 Å². The van der Waals surface area contributed by atoms with E-state index in [4.69, 9.17) is 5.11 Å². The molecular weight excluding hydrogens is 254 g/mol. The summed E-state index contributed by atoms with van der Waals surface area (Å²) in [6, 6.07) is 0.203. The second kappa shape index (κ2) is 6.87. The third kappa shape index (κ3) is 4.40. The van der Waals surface area contributed by atoms with Crippen LogP contribution in [0.4, 0.5) is 0 Å². The molecule has 104 valence electrons. The summed E-state index contributed by atoms with van der Waals surface area (Å²) in [6.07, 6.45) is 4.21. The molecule has 1 fully saturated rings. The van der Waals surface area contributed by atoms with E-state index >= 15 is 0 Å². The van der Waals surface area contributed by atoms with Crippen LogP contribution in [-0.4, -0.2) is 38.2 Å². The fourth-order valence-electron chi connectivity index (χ4n) is 1.97. The van der Waals surface area contributed by atoms with Crippen LogP contribution in [0.25, 0.3) is 0 Å². The van der Waals surface area contributed by atoms with Gasteiger partial charge in [0, 0.05) is 22.6 Å². The zero-order valence-electron chi connectivity index (χ0n) is 10.8. The zero-order chi connectivity index (χ0) is 13.7. The molecule has 1 aliphatic carbocycles. The number of carbonyl (C=O) groups excluding carboxylic acids is 1. The summed E-state index contributed by atoms with van der Waals surface area (Å²) in [6.45, 7) is 3.09. The molecule has 2 N–H and O–H groups in total. The van der Waals surface area contributed by atoms with Crippen LogP contribution < -0.4 is 5.32 Å². The van der Waals surface area contributed by atoms with Gasteiger partial charge in [0.15, 0.2) is 0 Å². The molecule has 5 nitrogen and oxygen atoms in total. The molecule has 18 heavy (non-hydrogen) atoms. The molecule has 1 amide bonds. The van der Waals surface area contributed by atoms with Gasteiger partial charge in [0.05, 0.1) is 5.92 Å². The van der Waals surface area contributed by atoms with E-state index in [0.29, 0.717) is 0 Å². The lowest BCUT2D eigenvalue weighted by molar-refractivity contribution is -0.140. The van der Waals surface area contributed by atoms with Gasteiger partial charge in [-0.2, -0.15) is 0 Å². The molecule has 3 atom stereocenters.